The molecule has 24 heavy (non-hydrogen) atoms. The molecule has 2 aliphatic rings. The highest BCUT2D eigenvalue weighted by Gasteiger charge is 2.32. The summed E-state index contributed by atoms with van der Waals surface area (Å²) in [4.78, 5) is 9.28. The summed E-state index contributed by atoms with van der Waals surface area (Å²) in [6.07, 6.45) is 9.76. The fraction of sp³-hybridized carbons (Fsp3) is 0.611. The van der Waals surface area contributed by atoms with E-state index in [0.717, 1.165) is 45.5 Å². The van der Waals surface area contributed by atoms with Gasteiger partial charge in [-0.1, -0.05) is 0 Å². The van der Waals surface area contributed by atoms with E-state index < -0.39 is 5.60 Å². The quantitative estimate of drug-likeness (QED) is 0.904. The molecule has 1 atom stereocenters. The van der Waals surface area contributed by atoms with Gasteiger partial charge in [0.25, 0.3) is 0 Å². The molecule has 5 nitrogen and oxygen atoms in total. The predicted molar refractivity (Wildman–Crippen MR) is 93.9 cm³/mol. The molecule has 0 bridgehead atoms. The van der Waals surface area contributed by atoms with E-state index in [9.17, 15) is 5.11 Å². The maximum atomic E-state index is 10.8. The predicted octanol–water partition coefficient (Wildman–Crippen LogP) is 2.82. The molecule has 0 spiro atoms. The van der Waals surface area contributed by atoms with Gasteiger partial charge in [0.05, 0.1) is 24.6 Å². The molecule has 4 heterocycles. The first-order chi connectivity index (χ1) is 11.7. The van der Waals surface area contributed by atoms with Crippen LogP contribution in [0.25, 0.3) is 0 Å². The first-order valence-electron chi connectivity index (χ1n) is 8.81. The molecule has 130 valence electrons. The summed E-state index contributed by atoms with van der Waals surface area (Å²) in [7, 11) is 0. The number of aromatic nitrogens is 2. The van der Waals surface area contributed by atoms with Crippen molar-refractivity contribution in [2.45, 2.75) is 50.5 Å². The summed E-state index contributed by atoms with van der Waals surface area (Å²) >= 11 is 1.89. The number of likely N-dealkylation sites (tertiary alicyclic amines) is 1. The Hall–Kier alpha value is -1.21. The standard InChI is InChI=1S/C18H25N3O2S/c22-18(13-21-10-7-19-14-21)5-8-20(9-6-18)12-15-3-4-17(24-15)16-2-1-11-23-16/h3-4,7,10,14,16,22H,1-2,5-6,8-9,11-13H2/t16-/m0/s1. The maximum Gasteiger partial charge on any atom is 0.0946 e. The second kappa shape index (κ2) is 6.96. The van der Waals surface area contributed by atoms with Gasteiger partial charge in [0.15, 0.2) is 0 Å². The van der Waals surface area contributed by atoms with Crippen molar-refractivity contribution in [2.75, 3.05) is 19.7 Å². The average molecular weight is 347 g/mol. The van der Waals surface area contributed by atoms with Gasteiger partial charge in [-0.3, -0.25) is 4.90 Å². The Kier molecular flexibility index (Phi) is 4.72. The van der Waals surface area contributed by atoms with E-state index >= 15 is 0 Å². The zero-order chi connectivity index (χ0) is 16.4. The largest absolute Gasteiger partial charge is 0.388 e. The van der Waals surface area contributed by atoms with Crippen molar-refractivity contribution in [1.82, 2.24) is 14.5 Å². The number of imidazole rings is 1. The van der Waals surface area contributed by atoms with Gasteiger partial charge in [0.1, 0.15) is 0 Å². The number of piperidine rings is 1. The molecule has 2 fully saturated rings. The molecule has 2 aliphatic heterocycles. The smallest absolute Gasteiger partial charge is 0.0946 e. The summed E-state index contributed by atoms with van der Waals surface area (Å²) in [6, 6.07) is 4.48. The molecule has 0 aliphatic carbocycles. The second-order valence-corrected chi connectivity index (χ2v) is 8.24. The van der Waals surface area contributed by atoms with Crippen LogP contribution >= 0.6 is 11.3 Å². The number of rotatable bonds is 5. The SMILES string of the molecule is OC1(Cn2ccnc2)CCN(Cc2ccc([C@@H]3CCCO3)s2)CC1. The molecule has 2 aromatic rings. The fourth-order valence-electron chi connectivity index (χ4n) is 3.68. The van der Waals surface area contributed by atoms with E-state index in [1.54, 1.807) is 12.5 Å². The topological polar surface area (TPSA) is 50.5 Å². The third-order valence-electron chi connectivity index (χ3n) is 5.13. The minimum Gasteiger partial charge on any atom is -0.388 e. The Morgan fingerprint density at radius 2 is 2.21 bits per heavy atom. The van der Waals surface area contributed by atoms with E-state index in [4.69, 9.17) is 4.74 Å². The molecule has 2 saturated heterocycles. The lowest BCUT2D eigenvalue weighted by Gasteiger charge is -2.38. The second-order valence-electron chi connectivity index (χ2n) is 7.04. The summed E-state index contributed by atoms with van der Waals surface area (Å²) in [5.41, 5.74) is -0.602. The van der Waals surface area contributed by atoms with Crippen LogP contribution in [-0.2, 0) is 17.8 Å². The van der Waals surface area contributed by atoms with Gasteiger partial charge in [0.2, 0.25) is 0 Å². The Balaban J connectivity index is 1.30. The molecule has 1 N–H and O–H groups in total. The van der Waals surface area contributed by atoms with E-state index in [0.29, 0.717) is 12.6 Å². The van der Waals surface area contributed by atoms with Gasteiger partial charge in [-0.05, 0) is 37.8 Å². The number of hydrogen-bond acceptors (Lipinski definition) is 5. The summed E-state index contributed by atoms with van der Waals surface area (Å²) in [6.45, 7) is 4.41. The highest BCUT2D eigenvalue weighted by Crippen LogP contribution is 2.34. The fourth-order valence-corrected chi connectivity index (χ4v) is 4.82. The lowest BCUT2D eigenvalue weighted by atomic mass is 9.91. The number of hydrogen-bond donors (Lipinski definition) is 1. The minimum atomic E-state index is -0.602. The molecule has 0 radical (unpaired) electrons. The van der Waals surface area contributed by atoms with Crippen molar-refractivity contribution in [3.8, 4) is 0 Å². The van der Waals surface area contributed by atoms with Crippen molar-refractivity contribution in [1.29, 1.82) is 0 Å². The first kappa shape index (κ1) is 16.3. The van der Waals surface area contributed by atoms with Gasteiger partial charge in [-0.2, -0.15) is 0 Å². The van der Waals surface area contributed by atoms with Crippen LogP contribution in [-0.4, -0.2) is 44.9 Å². The normalized spacial score (nSPS) is 24.5. The van der Waals surface area contributed by atoms with Crippen LogP contribution in [0.4, 0.5) is 0 Å². The lowest BCUT2D eigenvalue weighted by Crippen LogP contribution is -2.46. The summed E-state index contributed by atoms with van der Waals surface area (Å²) in [5.74, 6) is 0. The monoisotopic (exact) mass is 347 g/mol. The van der Waals surface area contributed by atoms with Crippen molar-refractivity contribution in [2.24, 2.45) is 0 Å². The van der Waals surface area contributed by atoms with E-state index in [1.165, 1.54) is 16.2 Å². The van der Waals surface area contributed by atoms with Crippen molar-refractivity contribution < 1.29 is 9.84 Å². The molecule has 0 saturated carbocycles. The first-order valence-corrected chi connectivity index (χ1v) is 9.63. The molecule has 2 aromatic heterocycles. The number of aliphatic hydroxyl groups is 1. The van der Waals surface area contributed by atoms with Gasteiger partial charge in [-0.25, -0.2) is 4.98 Å². The van der Waals surface area contributed by atoms with E-state index in [1.807, 2.05) is 22.1 Å². The molecule has 0 amide bonds. The van der Waals surface area contributed by atoms with Crippen molar-refractivity contribution in [3.05, 3.63) is 40.6 Å². The van der Waals surface area contributed by atoms with Crippen LogP contribution in [0.3, 0.4) is 0 Å². The molecule has 0 aromatic carbocycles. The van der Waals surface area contributed by atoms with Gasteiger partial charge in [-0.15, -0.1) is 11.3 Å². The van der Waals surface area contributed by atoms with Crippen LogP contribution in [0.2, 0.25) is 0 Å². The lowest BCUT2D eigenvalue weighted by molar-refractivity contribution is -0.0355. The minimum absolute atomic E-state index is 0.324. The molecule has 0 unspecified atom stereocenters. The highest BCUT2D eigenvalue weighted by molar-refractivity contribution is 7.12. The van der Waals surface area contributed by atoms with Crippen LogP contribution < -0.4 is 0 Å². The van der Waals surface area contributed by atoms with Gasteiger partial charge in [0, 0.05) is 48.4 Å². The third-order valence-corrected chi connectivity index (χ3v) is 6.29. The van der Waals surface area contributed by atoms with Gasteiger partial charge >= 0.3 is 0 Å². The number of ether oxygens (including phenoxy) is 1. The molecular formula is C18H25N3O2S. The van der Waals surface area contributed by atoms with E-state index in [2.05, 4.69) is 22.0 Å². The maximum absolute atomic E-state index is 10.8. The Morgan fingerprint density at radius 3 is 2.92 bits per heavy atom. The number of thiophene rings is 1. The zero-order valence-corrected chi connectivity index (χ0v) is 14.7. The molecule has 4 rings (SSSR count). The van der Waals surface area contributed by atoms with Crippen LogP contribution in [0, 0.1) is 0 Å². The van der Waals surface area contributed by atoms with Crippen LogP contribution in [0.1, 0.15) is 41.5 Å². The Bertz CT molecular complexity index is 641. The highest BCUT2D eigenvalue weighted by atomic mass is 32.1. The summed E-state index contributed by atoms with van der Waals surface area (Å²) < 4.78 is 7.75. The molecular weight excluding hydrogens is 322 g/mol. The Morgan fingerprint density at radius 1 is 1.33 bits per heavy atom. The Labute approximate surface area is 146 Å². The van der Waals surface area contributed by atoms with E-state index in [-0.39, 0.29) is 0 Å². The van der Waals surface area contributed by atoms with Crippen LogP contribution in [0.5, 0.6) is 0 Å². The van der Waals surface area contributed by atoms with Crippen LogP contribution in [0.15, 0.2) is 30.9 Å². The third kappa shape index (κ3) is 3.72. The van der Waals surface area contributed by atoms with Crippen molar-refractivity contribution in [3.63, 3.8) is 0 Å². The number of nitrogens with zero attached hydrogens (tertiary/aromatic N) is 3. The zero-order valence-electron chi connectivity index (χ0n) is 13.9. The van der Waals surface area contributed by atoms with Crippen molar-refractivity contribution >= 4 is 11.3 Å². The average Bonchev–Trinajstić information content (AvgIpc) is 3.31. The van der Waals surface area contributed by atoms with Gasteiger partial charge < -0.3 is 14.4 Å². The molecule has 6 heteroatoms. The summed E-state index contributed by atoms with van der Waals surface area (Å²) in [5, 5.41) is 10.8.